The quantitative estimate of drug-likeness (QED) is 0.918. The number of rotatable bonds is 2. The first kappa shape index (κ1) is 11.1. The molecular formula is C12H11BrO3. The Kier molecular flexibility index (Phi) is 2.92. The standard InChI is InChI=1S/C12H11BrO3/c1-15-10-6-8(13)12(16-2)11-7(10)4-3-5-9(11)14/h3-6,14H,1-2H3. The van der Waals surface area contributed by atoms with Crippen LogP contribution >= 0.6 is 15.9 Å². The van der Waals surface area contributed by atoms with Crippen molar-refractivity contribution >= 4 is 26.7 Å². The van der Waals surface area contributed by atoms with E-state index in [0.29, 0.717) is 16.9 Å². The van der Waals surface area contributed by atoms with Crippen LogP contribution in [0.15, 0.2) is 28.7 Å². The Hall–Kier alpha value is -1.42. The Balaban J connectivity index is 2.94. The van der Waals surface area contributed by atoms with E-state index in [1.807, 2.05) is 12.1 Å². The predicted molar refractivity (Wildman–Crippen MR) is 66.4 cm³/mol. The highest BCUT2D eigenvalue weighted by atomic mass is 79.9. The Bertz CT molecular complexity index is 537. The molecule has 0 radical (unpaired) electrons. The zero-order valence-electron chi connectivity index (χ0n) is 8.95. The molecule has 4 heteroatoms. The van der Waals surface area contributed by atoms with E-state index in [9.17, 15) is 5.11 Å². The lowest BCUT2D eigenvalue weighted by atomic mass is 10.1. The van der Waals surface area contributed by atoms with Crippen molar-refractivity contribution < 1.29 is 14.6 Å². The zero-order valence-corrected chi connectivity index (χ0v) is 10.5. The van der Waals surface area contributed by atoms with Crippen molar-refractivity contribution in [2.45, 2.75) is 0 Å². The van der Waals surface area contributed by atoms with Crippen LogP contribution in [0.3, 0.4) is 0 Å². The van der Waals surface area contributed by atoms with E-state index in [-0.39, 0.29) is 5.75 Å². The third-order valence-corrected chi connectivity index (χ3v) is 3.02. The van der Waals surface area contributed by atoms with Crippen molar-refractivity contribution in [3.05, 3.63) is 28.7 Å². The van der Waals surface area contributed by atoms with Crippen LogP contribution < -0.4 is 9.47 Å². The van der Waals surface area contributed by atoms with Crippen LogP contribution in [-0.4, -0.2) is 19.3 Å². The summed E-state index contributed by atoms with van der Waals surface area (Å²) in [6.45, 7) is 0. The van der Waals surface area contributed by atoms with Gasteiger partial charge in [0, 0.05) is 5.39 Å². The van der Waals surface area contributed by atoms with Crippen molar-refractivity contribution in [1.82, 2.24) is 0 Å². The third-order valence-electron chi connectivity index (χ3n) is 2.43. The summed E-state index contributed by atoms with van der Waals surface area (Å²) in [4.78, 5) is 0. The second kappa shape index (κ2) is 4.22. The van der Waals surface area contributed by atoms with E-state index >= 15 is 0 Å². The smallest absolute Gasteiger partial charge is 0.144 e. The first-order valence-corrected chi connectivity index (χ1v) is 5.50. The number of benzene rings is 2. The fraction of sp³-hybridized carbons (Fsp3) is 0.167. The molecule has 2 aromatic carbocycles. The maximum absolute atomic E-state index is 9.87. The predicted octanol–water partition coefficient (Wildman–Crippen LogP) is 3.33. The minimum absolute atomic E-state index is 0.175. The molecule has 2 rings (SSSR count). The highest BCUT2D eigenvalue weighted by Crippen LogP contribution is 2.43. The summed E-state index contributed by atoms with van der Waals surface area (Å²) in [6.07, 6.45) is 0. The van der Waals surface area contributed by atoms with Gasteiger partial charge in [0.15, 0.2) is 0 Å². The molecule has 0 aromatic heterocycles. The molecule has 0 aliphatic heterocycles. The molecule has 0 bridgehead atoms. The second-order valence-electron chi connectivity index (χ2n) is 3.29. The number of fused-ring (bicyclic) bond motifs is 1. The fourth-order valence-corrected chi connectivity index (χ4v) is 2.30. The lowest BCUT2D eigenvalue weighted by Crippen LogP contribution is -1.91. The highest BCUT2D eigenvalue weighted by molar-refractivity contribution is 9.10. The van der Waals surface area contributed by atoms with E-state index in [4.69, 9.17) is 9.47 Å². The van der Waals surface area contributed by atoms with Crippen LogP contribution in [0.1, 0.15) is 0 Å². The summed E-state index contributed by atoms with van der Waals surface area (Å²) in [6, 6.07) is 7.09. The van der Waals surface area contributed by atoms with Gasteiger partial charge in [0.05, 0.1) is 24.1 Å². The van der Waals surface area contributed by atoms with Crippen LogP contribution in [0.2, 0.25) is 0 Å². The van der Waals surface area contributed by atoms with E-state index in [2.05, 4.69) is 15.9 Å². The van der Waals surface area contributed by atoms with Crippen LogP contribution in [-0.2, 0) is 0 Å². The van der Waals surface area contributed by atoms with Crippen LogP contribution in [0.4, 0.5) is 0 Å². The SMILES string of the molecule is COc1cc(Br)c(OC)c2c(O)cccc12. The summed E-state index contributed by atoms with van der Waals surface area (Å²) >= 11 is 3.39. The third kappa shape index (κ3) is 1.59. The van der Waals surface area contributed by atoms with E-state index < -0.39 is 0 Å². The van der Waals surface area contributed by atoms with Gasteiger partial charge in [0.1, 0.15) is 17.2 Å². The van der Waals surface area contributed by atoms with E-state index in [1.54, 1.807) is 26.4 Å². The zero-order chi connectivity index (χ0) is 11.7. The Morgan fingerprint density at radius 3 is 2.56 bits per heavy atom. The number of halogens is 1. The minimum atomic E-state index is 0.175. The van der Waals surface area contributed by atoms with Crippen molar-refractivity contribution in [2.75, 3.05) is 14.2 Å². The number of methoxy groups -OCH3 is 2. The molecule has 0 saturated heterocycles. The molecule has 1 N–H and O–H groups in total. The number of hydrogen-bond acceptors (Lipinski definition) is 3. The van der Waals surface area contributed by atoms with E-state index in [1.165, 1.54) is 0 Å². The molecule has 0 saturated carbocycles. The molecule has 0 fully saturated rings. The van der Waals surface area contributed by atoms with Crippen molar-refractivity contribution in [3.63, 3.8) is 0 Å². The Morgan fingerprint density at radius 1 is 1.19 bits per heavy atom. The normalized spacial score (nSPS) is 10.4. The molecule has 0 spiro atoms. The van der Waals surface area contributed by atoms with Gasteiger partial charge < -0.3 is 14.6 Å². The lowest BCUT2D eigenvalue weighted by molar-refractivity contribution is 0.405. The van der Waals surface area contributed by atoms with Gasteiger partial charge in [-0.1, -0.05) is 12.1 Å². The fourth-order valence-electron chi connectivity index (χ4n) is 1.73. The second-order valence-corrected chi connectivity index (χ2v) is 4.15. The Morgan fingerprint density at radius 2 is 1.94 bits per heavy atom. The highest BCUT2D eigenvalue weighted by Gasteiger charge is 2.14. The van der Waals surface area contributed by atoms with Crippen LogP contribution in [0, 0.1) is 0 Å². The van der Waals surface area contributed by atoms with Gasteiger partial charge in [-0.15, -0.1) is 0 Å². The maximum atomic E-state index is 9.87. The summed E-state index contributed by atoms with van der Waals surface area (Å²) in [5, 5.41) is 11.3. The molecule has 3 nitrogen and oxygen atoms in total. The lowest BCUT2D eigenvalue weighted by Gasteiger charge is -2.12. The van der Waals surface area contributed by atoms with Crippen LogP contribution in [0.5, 0.6) is 17.2 Å². The first-order valence-electron chi connectivity index (χ1n) is 4.71. The summed E-state index contributed by atoms with van der Waals surface area (Å²) < 4.78 is 11.3. The van der Waals surface area contributed by atoms with Gasteiger partial charge in [0.25, 0.3) is 0 Å². The van der Waals surface area contributed by atoms with Gasteiger partial charge in [0.2, 0.25) is 0 Å². The van der Waals surface area contributed by atoms with Gasteiger partial charge in [-0.25, -0.2) is 0 Å². The number of ether oxygens (including phenoxy) is 2. The van der Waals surface area contributed by atoms with Crippen LogP contribution in [0.25, 0.3) is 10.8 Å². The minimum Gasteiger partial charge on any atom is -0.507 e. The average molecular weight is 283 g/mol. The van der Waals surface area contributed by atoms with Gasteiger partial charge in [-0.2, -0.15) is 0 Å². The molecule has 0 amide bonds. The summed E-state index contributed by atoms with van der Waals surface area (Å²) in [5.74, 6) is 1.47. The number of phenols is 1. The topological polar surface area (TPSA) is 38.7 Å². The van der Waals surface area contributed by atoms with Gasteiger partial charge >= 0.3 is 0 Å². The molecular weight excluding hydrogens is 272 g/mol. The molecule has 0 aliphatic carbocycles. The maximum Gasteiger partial charge on any atom is 0.144 e. The number of hydrogen-bond donors (Lipinski definition) is 1. The molecule has 0 aliphatic rings. The van der Waals surface area contributed by atoms with Crippen molar-refractivity contribution in [2.24, 2.45) is 0 Å². The molecule has 0 heterocycles. The summed E-state index contributed by atoms with van der Waals surface area (Å²) in [5.41, 5.74) is 0. The number of phenolic OH excluding ortho intramolecular Hbond substituents is 1. The average Bonchev–Trinajstić information content (AvgIpc) is 2.29. The molecule has 0 unspecified atom stereocenters. The van der Waals surface area contributed by atoms with Gasteiger partial charge in [-0.3, -0.25) is 0 Å². The molecule has 84 valence electrons. The molecule has 0 atom stereocenters. The largest absolute Gasteiger partial charge is 0.507 e. The van der Waals surface area contributed by atoms with Crippen molar-refractivity contribution in [3.8, 4) is 17.2 Å². The number of aromatic hydroxyl groups is 1. The van der Waals surface area contributed by atoms with Crippen molar-refractivity contribution in [1.29, 1.82) is 0 Å². The Labute approximate surface area is 102 Å². The molecule has 16 heavy (non-hydrogen) atoms. The molecule has 2 aromatic rings. The first-order chi connectivity index (χ1) is 7.69. The van der Waals surface area contributed by atoms with E-state index in [0.717, 1.165) is 9.86 Å². The van der Waals surface area contributed by atoms with Gasteiger partial charge in [-0.05, 0) is 28.1 Å². The monoisotopic (exact) mass is 282 g/mol. The summed E-state index contributed by atoms with van der Waals surface area (Å²) in [7, 11) is 3.16.